The van der Waals surface area contributed by atoms with E-state index in [4.69, 9.17) is 5.26 Å². The molecule has 0 bridgehead atoms. The molecule has 4 nitrogen and oxygen atoms in total. The number of nitriles is 1. The van der Waals surface area contributed by atoms with Gasteiger partial charge in [-0.2, -0.15) is 5.26 Å². The molecule has 2 heterocycles. The second-order valence-electron chi connectivity index (χ2n) is 4.78. The number of fused-ring (bicyclic) bond motifs is 1. The highest BCUT2D eigenvalue weighted by molar-refractivity contribution is 5.58. The van der Waals surface area contributed by atoms with Crippen LogP contribution >= 0.6 is 0 Å². The molecule has 21 heavy (non-hydrogen) atoms. The Morgan fingerprint density at radius 1 is 1.33 bits per heavy atom. The fraction of sp³-hybridized carbons (Fsp3) is 0.125. The van der Waals surface area contributed by atoms with Crippen LogP contribution in [0, 0.1) is 24.1 Å². The average Bonchev–Trinajstić information content (AvgIpc) is 2.90. The van der Waals surface area contributed by atoms with E-state index in [2.05, 4.69) is 10.3 Å². The molecule has 0 fully saturated rings. The Bertz CT molecular complexity index is 845. The van der Waals surface area contributed by atoms with Crippen molar-refractivity contribution in [2.45, 2.75) is 13.5 Å². The zero-order valence-electron chi connectivity index (χ0n) is 11.5. The molecule has 0 radical (unpaired) electrons. The molecule has 0 aliphatic carbocycles. The summed E-state index contributed by atoms with van der Waals surface area (Å²) in [4.78, 5) is 4.53. The van der Waals surface area contributed by atoms with Crippen LogP contribution in [-0.4, -0.2) is 9.38 Å². The Balaban J connectivity index is 1.86. The van der Waals surface area contributed by atoms with Gasteiger partial charge in [-0.3, -0.25) is 0 Å². The van der Waals surface area contributed by atoms with Crippen molar-refractivity contribution in [2.24, 2.45) is 0 Å². The monoisotopic (exact) mass is 280 g/mol. The molecule has 0 amide bonds. The smallest absolute Gasteiger partial charge is 0.143 e. The third-order valence-electron chi connectivity index (χ3n) is 3.31. The number of imidazole rings is 1. The molecule has 2 aromatic heterocycles. The molecule has 0 spiro atoms. The maximum absolute atomic E-state index is 13.5. The highest BCUT2D eigenvalue weighted by Crippen LogP contribution is 2.19. The van der Waals surface area contributed by atoms with Crippen LogP contribution in [0.3, 0.4) is 0 Å². The minimum Gasteiger partial charge on any atom is -0.378 e. The topological polar surface area (TPSA) is 53.1 Å². The first-order chi connectivity index (χ1) is 10.2. The van der Waals surface area contributed by atoms with E-state index in [1.807, 2.05) is 41.9 Å². The van der Waals surface area contributed by atoms with Gasteiger partial charge in [0.15, 0.2) is 0 Å². The lowest BCUT2D eigenvalue weighted by Crippen LogP contribution is -2.02. The zero-order chi connectivity index (χ0) is 14.8. The van der Waals surface area contributed by atoms with E-state index in [1.165, 1.54) is 6.07 Å². The van der Waals surface area contributed by atoms with Gasteiger partial charge in [0.05, 0.1) is 17.9 Å². The number of rotatable bonds is 3. The minimum atomic E-state index is -0.520. The van der Waals surface area contributed by atoms with Crippen LogP contribution in [0.15, 0.2) is 42.7 Å². The largest absolute Gasteiger partial charge is 0.378 e. The Morgan fingerprint density at radius 2 is 2.19 bits per heavy atom. The summed E-state index contributed by atoms with van der Waals surface area (Å²) in [6.45, 7) is 2.43. The molecule has 1 aromatic carbocycles. The van der Waals surface area contributed by atoms with Crippen molar-refractivity contribution in [3.05, 3.63) is 65.4 Å². The molecular weight excluding hydrogens is 267 g/mol. The number of nitrogens with one attached hydrogen (secondary N) is 1. The number of halogens is 1. The van der Waals surface area contributed by atoms with Gasteiger partial charge in [0.1, 0.15) is 23.1 Å². The normalized spacial score (nSPS) is 10.5. The SMILES string of the molecule is Cc1cccn2cc(CNc3cccc(F)c3C#N)nc12. The van der Waals surface area contributed by atoms with Crippen LogP contribution in [0.5, 0.6) is 0 Å². The summed E-state index contributed by atoms with van der Waals surface area (Å²) in [6, 6.07) is 10.4. The Labute approximate surface area is 121 Å². The van der Waals surface area contributed by atoms with Gasteiger partial charge in [-0.05, 0) is 30.7 Å². The van der Waals surface area contributed by atoms with Crippen LogP contribution < -0.4 is 5.32 Å². The molecule has 0 saturated carbocycles. The van der Waals surface area contributed by atoms with E-state index in [1.54, 1.807) is 12.1 Å². The molecule has 0 aliphatic rings. The van der Waals surface area contributed by atoms with Crippen molar-refractivity contribution < 1.29 is 4.39 Å². The van der Waals surface area contributed by atoms with E-state index in [0.717, 1.165) is 16.9 Å². The maximum Gasteiger partial charge on any atom is 0.143 e. The lowest BCUT2D eigenvalue weighted by Gasteiger charge is -2.06. The van der Waals surface area contributed by atoms with E-state index >= 15 is 0 Å². The molecule has 104 valence electrons. The summed E-state index contributed by atoms with van der Waals surface area (Å²) in [5.41, 5.74) is 3.32. The molecule has 0 aliphatic heterocycles. The van der Waals surface area contributed by atoms with Crippen LogP contribution in [-0.2, 0) is 6.54 Å². The Kier molecular flexibility index (Phi) is 3.28. The number of anilines is 1. The summed E-state index contributed by atoms with van der Waals surface area (Å²) < 4.78 is 15.5. The van der Waals surface area contributed by atoms with Crippen LogP contribution in [0.2, 0.25) is 0 Å². The van der Waals surface area contributed by atoms with Crippen molar-refractivity contribution in [3.63, 3.8) is 0 Å². The number of hydrogen-bond donors (Lipinski definition) is 1. The third-order valence-corrected chi connectivity index (χ3v) is 3.31. The summed E-state index contributed by atoms with van der Waals surface area (Å²) in [6.07, 6.45) is 3.85. The summed E-state index contributed by atoms with van der Waals surface area (Å²) >= 11 is 0. The quantitative estimate of drug-likeness (QED) is 0.801. The van der Waals surface area contributed by atoms with E-state index in [-0.39, 0.29) is 5.56 Å². The average molecular weight is 280 g/mol. The first-order valence-corrected chi connectivity index (χ1v) is 6.54. The first-order valence-electron chi connectivity index (χ1n) is 6.54. The number of aryl methyl sites for hydroxylation is 1. The predicted octanol–water partition coefficient (Wildman–Crippen LogP) is 3.27. The Hall–Kier alpha value is -2.87. The molecule has 1 N–H and O–H groups in total. The van der Waals surface area contributed by atoms with Crippen molar-refractivity contribution >= 4 is 11.3 Å². The fourth-order valence-corrected chi connectivity index (χ4v) is 2.26. The third kappa shape index (κ3) is 2.43. The number of aromatic nitrogens is 2. The molecule has 5 heteroatoms. The summed E-state index contributed by atoms with van der Waals surface area (Å²) in [7, 11) is 0. The van der Waals surface area contributed by atoms with Gasteiger partial charge in [-0.1, -0.05) is 12.1 Å². The predicted molar refractivity (Wildman–Crippen MR) is 78.4 cm³/mol. The molecular formula is C16H13FN4. The number of pyridine rings is 1. The number of nitrogens with zero attached hydrogens (tertiary/aromatic N) is 3. The standard InChI is InChI=1S/C16H13FN4/c1-11-4-3-7-21-10-12(20-16(11)21)9-19-15-6-2-5-14(17)13(15)8-18/h2-7,10,19H,9H2,1H3. The fourth-order valence-electron chi connectivity index (χ4n) is 2.26. The molecule has 0 atom stereocenters. The van der Waals surface area contributed by atoms with Gasteiger partial charge in [-0.25, -0.2) is 9.37 Å². The first kappa shape index (κ1) is 13.1. The molecule has 3 aromatic rings. The van der Waals surface area contributed by atoms with Crippen molar-refractivity contribution in [1.82, 2.24) is 9.38 Å². The van der Waals surface area contributed by atoms with E-state index in [0.29, 0.717) is 12.2 Å². The maximum atomic E-state index is 13.5. The van der Waals surface area contributed by atoms with Gasteiger partial charge in [0, 0.05) is 12.4 Å². The molecule has 3 rings (SSSR count). The lowest BCUT2D eigenvalue weighted by atomic mass is 10.2. The van der Waals surface area contributed by atoms with E-state index in [9.17, 15) is 4.39 Å². The number of hydrogen-bond acceptors (Lipinski definition) is 3. The number of benzene rings is 1. The molecule has 0 unspecified atom stereocenters. The van der Waals surface area contributed by atoms with Crippen LogP contribution in [0.4, 0.5) is 10.1 Å². The Morgan fingerprint density at radius 3 is 2.95 bits per heavy atom. The summed E-state index contributed by atoms with van der Waals surface area (Å²) in [5, 5.41) is 12.1. The minimum absolute atomic E-state index is 0.0254. The van der Waals surface area contributed by atoms with E-state index < -0.39 is 5.82 Å². The van der Waals surface area contributed by atoms with Gasteiger partial charge in [-0.15, -0.1) is 0 Å². The van der Waals surface area contributed by atoms with Crippen molar-refractivity contribution in [3.8, 4) is 6.07 Å². The lowest BCUT2D eigenvalue weighted by molar-refractivity contribution is 0.624. The van der Waals surface area contributed by atoms with Crippen molar-refractivity contribution in [1.29, 1.82) is 5.26 Å². The zero-order valence-corrected chi connectivity index (χ0v) is 11.5. The van der Waals surface area contributed by atoms with Gasteiger partial charge in [0.25, 0.3) is 0 Å². The van der Waals surface area contributed by atoms with Crippen LogP contribution in [0.25, 0.3) is 5.65 Å². The second kappa shape index (κ2) is 5.25. The van der Waals surface area contributed by atoms with Crippen LogP contribution in [0.1, 0.15) is 16.8 Å². The van der Waals surface area contributed by atoms with Gasteiger partial charge in [0.2, 0.25) is 0 Å². The highest BCUT2D eigenvalue weighted by atomic mass is 19.1. The van der Waals surface area contributed by atoms with Crippen molar-refractivity contribution in [2.75, 3.05) is 5.32 Å². The highest BCUT2D eigenvalue weighted by Gasteiger charge is 2.08. The van der Waals surface area contributed by atoms with Gasteiger partial charge >= 0.3 is 0 Å². The summed E-state index contributed by atoms with van der Waals surface area (Å²) in [5.74, 6) is -0.520. The molecule has 0 saturated heterocycles. The van der Waals surface area contributed by atoms with Gasteiger partial charge < -0.3 is 9.72 Å². The second-order valence-corrected chi connectivity index (χ2v) is 4.78.